The van der Waals surface area contributed by atoms with E-state index in [0.717, 1.165) is 33.8 Å². The van der Waals surface area contributed by atoms with Crippen molar-refractivity contribution < 1.29 is 0 Å². The molecule has 0 saturated heterocycles. The molecule has 0 spiro atoms. The van der Waals surface area contributed by atoms with E-state index < -0.39 is 0 Å². The van der Waals surface area contributed by atoms with Crippen molar-refractivity contribution >= 4 is 53.5 Å². The number of anilines is 3. The van der Waals surface area contributed by atoms with E-state index in [2.05, 4.69) is 187 Å². The van der Waals surface area contributed by atoms with Gasteiger partial charge < -0.3 is 4.90 Å². The molecule has 0 aliphatic carbocycles. The third kappa shape index (κ3) is 6.98. The number of rotatable bonds is 9. The van der Waals surface area contributed by atoms with E-state index in [0.29, 0.717) is 0 Å². The van der Waals surface area contributed by atoms with Gasteiger partial charge in [-0.3, -0.25) is 0 Å². The Morgan fingerprint density at radius 2 is 0.512 bits per heavy atom. The van der Waals surface area contributed by atoms with E-state index in [9.17, 15) is 0 Å². The molecule has 0 aliphatic heterocycles. The highest BCUT2D eigenvalue weighted by Crippen LogP contribution is 2.41. The first-order valence-electron chi connectivity index (χ1n) is 14.6. The number of nitrogens with zero attached hydrogens (tertiary/aromatic N) is 1. The third-order valence-electron chi connectivity index (χ3n) is 7.30. The summed E-state index contributed by atoms with van der Waals surface area (Å²) >= 11 is 0. The van der Waals surface area contributed by atoms with E-state index in [1.165, 1.54) is 16.7 Å². The molecule has 206 valence electrons. The highest BCUT2D eigenvalue weighted by Gasteiger charge is 2.19. The lowest BCUT2D eigenvalue weighted by Crippen LogP contribution is -2.13. The molecule has 0 N–H and O–H groups in total. The van der Waals surface area contributed by atoms with Gasteiger partial charge in [0, 0.05) is 0 Å². The molecule has 1 nitrogen and oxygen atoms in total. The second-order valence-corrected chi connectivity index (χ2v) is 10.2. The zero-order valence-corrected chi connectivity index (χ0v) is 24.0. The summed E-state index contributed by atoms with van der Waals surface area (Å²) < 4.78 is 0. The summed E-state index contributed by atoms with van der Waals surface area (Å²) in [5, 5.41) is 0. The minimum Gasteiger partial charge on any atom is -0.309 e. The van der Waals surface area contributed by atoms with E-state index in [1.54, 1.807) is 0 Å². The molecule has 0 saturated carbocycles. The standard InChI is InChI=1S/C42H33N/c1-4-16-34(17-5-1)28-31-37-22-10-13-25-40(37)43(41-26-14-11-23-38(41)32-29-35-18-6-2-7-19-35)42-27-15-12-24-39(42)33-30-36-20-8-3-9-21-36/h1-33H/b31-28-,32-29-,33-30-. The van der Waals surface area contributed by atoms with Gasteiger partial charge in [0.25, 0.3) is 0 Å². The fraction of sp³-hybridized carbons (Fsp3) is 0. The lowest BCUT2D eigenvalue weighted by molar-refractivity contribution is 1.26. The van der Waals surface area contributed by atoms with Gasteiger partial charge in [-0.15, -0.1) is 0 Å². The molecule has 0 heterocycles. The van der Waals surface area contributed by atoms with Crippen LogP contribution < -0.4 is 4.90 Å². The molecule has 0 bridgehead atoms. The van der Waals surface area contributed by atoms with Crippen LogP contribution in [-0.2, 0) is 0 Å². The highest BCUT2D eigenvalue weighted by molar-refractivity contribution is 5.92. The van der Waals surface area contributed by atoms with Crippen LogP contribution in [0.3, 0.4) is 0 Å². The Hall–Kier alpha value is -5.66. The summed E-state index contributed by atoms with van der Waals surface area (Å²) in [6.45, 7) is 0. The van der Waals surface area contributed by atoms with Gasteiger partial charge in [0.2, 0.25) is 0 Å². The SMILES string of the molecule is C(=C/c1ccccc1N(c1ccccc1/C=C\c1ccccc1)c1ccccc1/C=C\c1ccccc1)/c1ccccc1. The Bertz CT molecular complexity index is 1630. The predicted molar refractivity (Wildman–Crippen MR) is 187 cm³/mol. The molecule has 0 aliphatic rings. The van der Waals surface area contributed by atoms with Gasteiger partial charge in [0.15, 0.2) is 0 Å². The summed E-state index contributed by atoms with van der Waals surface area (Å²) in [5.41, 5.74) is 10.2. The van der Waals surface area contributed by atoms with E-state index in [-0.39, 0.29) is 0 Å². The van der Waals surface area contributed by atoms with E-state index in [1.807, 2.05) is 18.2 Å². The van der Waals surface area contributed by atoms with Crippen LogP contribution >= 0.6 is 0 Å². The summed E-state index contributed by atoms with van der Waals surface area (Å²) in [7, 11) is 0. The minimum atomic E-state index is 1.11. The zero-order valence-electron chi connectivity index (χ0n) is 24.0. The van der Waals surface area contributed by atoms with Gasteiger partial charge in [0.05, 0.1) is 17.1 Å². The normalized spacial score (nSPS) is 11.4. The average Bonchev–Trinajstić information content (AvgIpc) is 3.08. The Balaban J connectivity index is 1.51. The van der Waals surface area contributed by atoms with Crippen molar-refractivity contribution in [1.29, 1.82) is 0 Å². The van der Waals surface area contributed by atoms with Crippen molar-refractivity contribution in [2.75, 3.05) is 4.90 Å². The van der Waals surface area contributed by atoms with Gasteiger partial charge in [-0.25, -0.2) is 0 Å². The predicted octanol–water partition coefficient (Wildman–Crippen LogP) is 11.7. The second-order valence-electron chi connectivity index (χ2n) is 10.2. The van der Waals surface area contributed by atoms with Gasteiger partial charge in [-0.05, 0) is 51.6 Å². The average molecular weight is 552 g/mol. The summed E-state index contributed by atoms with van der Waals surface area (Å²) in [4.78, 5) is 2.39. The second kappa shape index (κ2) is 13.8. The Morgan fingerprint density at radius 3 is 0.814 bits per heavy atom. The topological polar surface area (TPSA) is 3.24 Å². The van der Waals surface area contributed by atoms with Crippen molar-refractivity contribution in [3.63, 3.8) is 0 Å². The van der Waals surface area contributed by atoms with E-state index >= 15 is 0 Å². The monoisotopic (exact) mass is 551 g/mol. The molecule has 0 aromatic heterocycles. The zero-order chi connectivity index (χ0) is 29.1. The lowest BCUT2D eigenvalue weighted by atomic mass is 10.0. The molecule has 6 rings (SSSR count). The Labute approximate surface area is 255 Å². The molecular weight excluding hydrogens is 518 g/mol. The first-order valence-corrected chi connectivity index (χ1v) is 14.6. The largest absolute Gasteiger partial charge is 0.309 e. The fourth-order valence-electron chi connectivity index (χ4n) is 5.14. The number of hydrogen-bond donors (Lipinski definition) is 0. The quantitative estimate of drug-likeness (QED) is 0.162. The molecule has 6 aromatic carbocycles. The number of benzene rings is 6. The van der Waals surface area contributed by atoms with Crippen LogP contribution in [0, 0.1) is 0 Å². The number of hydrogen-bond acceptors (Lipinski definition) is 1. The van der Waals surface area contributed by atoms with Crippen molar-refractivity contribution in [2.45, 2.75) is 0 Å². The summed E-state index contributed by atoms with van der Waals surface area (Å²) in [6.07, 6.45) is 13.2. The van der Waals surface area contributed by atoms with Gasteiger partial charge in [-0.1, -0.05) is 182 Å². The van der Waals surface area contributed by atoms with Gasteiger partial charge in [0.1, 0.15) is 0 Å². The van der Waals surface area contributed by atoms with E-state index in [4.69, 9.17) is 0 Å². The molecule has 0 amide bonds. The summed E-state index contributed by atoms with van der Waals surface area (Å²) in [6, 6.07) is 57.2. The molecule has 43 heavy (non-hydrogen) atoms. The maximum Gasteiger partial charge on any atom is 0.0534 e. The smallest absolute Gasteiger partial charge is 0.0534 e. The first-order chi connectivity index (χ1) is 21.3. The molecule has 0 fully saturated rings. The van der Waals surface area contributed by atoms with Crippen LogP contribution in [0.2, 0.25) is 0 Å². The molecule has 0 atom stereocenters. The summed E-state index contributed by atoms with van der Waals surface area (Å²) in [5.74, 6) is 0. The van der Waals surface area contributed by atoms with Crippen LogP contribution in [0.4, 0.5) is 17.1 Å². The Morgan fingerprint density at radius 1 is 0.256 bits per heavy atom. The van der Waals surface area contributed by atoms with Crippen LogP contribution in [0.25, 0.3) is 36.5 Å². The maximum absolute atomic E-state index is 2.39. The van der Waals surface area contributed by atoms with Crippen molar-refractivity contribution in [1.82, 2.24) is 0 Å². The van der Waals surface area contributed by atoms with Gasteiger partial charge >= 0.3 is 0 Å². The minimum absolute atomic E-state index is 1.11. The first kappa shape index (κ1) is 27.5. The van der Waals surface area contributed by atoms with Crippen molar-refractivity contribution in [2.24, 2.45) is 0 Å². The van der Waals surface area contributed by atoms with Gasteiger partial charge in [-0.2, -0.15) is 0 Å². The molecule has 6 aromatic rings. The lowest BCUT2D eigenvalue weighted by Gasteiger charge is -2.30. The molecule has 1 heteroatoms. The third-order valence-corrected chi connectivity index (χ3v) is 7.30. The maximum atomic E-state index is 2.39. The highest BCUT2D eigenvalue weighted by atomic mass is 15.1. The van der Waals surface area contributed by atoms with Crippen LogP contribution in [-0.4, -0.2) is 0 Å². The van der Waals surface area contributed by atoms with Crippen molar-refractivity contribution in [3.05, 3.63) is 197 Å². The Kier molecular flexibility index (Phi) is 8.83. The van der Waals surface area contributed by atoms with Crippen LogP contribution in [0.15, 0.2) is 164 Å². The molecule has 0 unspecified atom stereocenters. The fourth-order valence-corrected chi connectivity index (χ4v) is 5.14. The van der Waals surface area contributed by atoms with Crippen LogP contribution in [0.5, 0.6) is 0 Å². The number of para-hydroxylation sites is 3. The van der Waals surface area contributed by atoms with Crippen molar-refractivity contribution in [3.8, 4) is 0 Å². The molecular formula is C42H33N. The van der Waals surface area contributed by atoms with Crippen LogP contribution in [0.1, 0.15) is 33.4 Å². The molecule has 0 radical (unpaired) electrons.